The molecule has 1 aromatic rings. The molecule has 1 aliphatic heterocycles. The molecular formula is C13H18N2O3. The van der Waals surface area contributed by atoms with E-state index in [9.17, 15) is 9.59 Å². The fourth-order valence-electron chi connectivity index (χ4n) is 1.54. The SMILES string of the molecule is NC1CCCCNC1=O.O=C(O)c1ccccc1. The number of benzene rings is 1. The molecule has 18 heavy (non-hydrogen) atoms. The summed E-state index contributed by atoms with van der Waals surface area (Å²) in [7, 11) is 0. The molecule has 0 aliphatic carbocycles. The number of carbonyl (C=O) groups is 2. The molecule has 0 spiro atoms. The summed E-state index contributed by atoms with van der Waals surface area (Å²) < 4.78 is 0. The van der Waals surface area contributed by atoms with Gasteiger partial charge in [-0.15, -0.1) is 0 Å². The zero-order valence-electron chi connectivity index (χ0n) is 10.1. The number of hydrogen-bond acceptors (Lipinski definition) is 3. The molecule has 5 nitrogen and oxygen atoms in total. The van der Waals surface area contributed by atoms with Crippen LogP contribution >= 0.6 is 0 Å². The number of nitrogens with one attached hydrogen (secondary N) is 1. The lowest BCUT2D eigenvalue weighted by Gasteiger charge is -2.03. The Kier molecular flexibility index (Phi) is 5.87. The molecule has 1 atom stereocenters. The van der Waals surface area contributed by atoms with Crippen molar-refractivity contribution in [1.82, 2.24) is 5.32 Å². The Morgan fingerprint density at radius 3 is 2.50 bits per heavy atom. The van der Waals surface area contributed by atoms with E-state index in [2.05, 4.69) is 5.32 Å². The van der Waals surface area contributed by atoms with Gasteiger partial charge in [0.25, 0.3) is 0 Å². The van der Waals surface area contributed by atoms with Crippen molar-refractivity contribution in [2.75, 3.05) is 6.54 Å². The van der Waals surface area contributed by atoms with Crippen LogP contribution in [0.4, 0.5) is 0 Å². The molecule has 1 unspecified atom stereocenters. The van der Waals surface area contributed by atoms with Crippen molar-refractivity contribution in [2.45, 2.75) is 25.3 Å². The summed E-state index contributed by atoms with van der Waals surface area (Å²) in [5.74, 6) is -0.872. The van der Waals surface area contributed by atoms with E-state index < -0.39 is 5.97 Å². The highest BCUT2D eigenvalue weighted by atomic mass is 16.4. The zero-order valence-corrected chi connectivity index (χ0v) is 10.1. The highest BCUT2D eigenvalue weighted by molar-refractivity contribution is 5.87. The van der Waals surface area contributed by atoms with Crippen LogP contribution in [0.1, 0.15) is 29.6 Å². The number of carbonyl (C=O) groups excluding carboxylic acids is 1. The van der Waals surface area contributed by atoms with Gasteiger partial charge in [-0.1, -0.05) is 18.2 Å². The molecule has 5 heteroatoms. The van der Waals surface area contributed by atoms with Gasteiger partial charge in [-0.2, -0.15) is 0 Å². The number of carboxylic acids is 1. The van der Waals surface area contributed by atoms with Gasteiger partial charge in [0, 0.05) is 6.54 Å². The number of nitrogens with two attached hydrogens (primary N) is 1. The Labute approximate surface area is 106 Å². The van der Waals surface area contributed by atoms with Gasteiger partial charge in [-0.05, 0) is 31.4 Å². The largest absolute Gasteiger partial charge is 0.478 e. The molecule has 1 heterocycles. The lowest BCUT2D eigenvalue weighted by atomic mass is 10.1. The van der Waals surface area contributed by atoms with Gasteiger partial charge in [0.05, 0.1) is 11.6 Å². The smallest absolute Gasteiger partial charge is 0.335 e. The summed E-state index contributed by atoms with van der Waals surface area (Å²) in [6.45, 7) is 0.798. The number of amides is 1. The van der Waals surface area contributed by atoms with Crippen LogP contribution in [-0.4, -0.2) is 29.6 Å². The summed E-state index contributed by atoms with van der Waals surface area (Å²) in [6, 6.07) is 8.04. The predicted octanol–water partition coefficient (Wildman–Crippen LogP) is 0.999. The summed E-state index contributed by atoms with van der Waals surface area (Å²) in [4.78, 5) is 21.0. The van der Waals surface area contributed by atoms with Gasteiger partial charge in [0.15, 0.2) is 0 Å². The summed E-state index contributed by atoms with van der Waals surface area (Å²) in [5.41, 5.74) is 5.80. The van der Waals surface area contributed by atoms with Crippen LogP contribution < -0.4 is 11.1 Å². The van der Waals surface area contributed by atoms with Crippen molar-refractivity contribution in [1.29, 1.82) is 0 Å². The Hall–Kier alpha value is -1.88. The minimum atomic E-state index is -0.879. The lowest BCUT2D eigenvalue weighted by molar-refractivity contribution is -0.122. The average molecular weight is 250 g/mol. The molecule has 4 N–H and O–H groups in total. The van der Waals surface area contributed by atoms with Crippen LogP contribution in [0, 0.1) is 0 Å². The van der Waals surface area contributed by atoms with E-state index in [1.54, 1.807) is 30.3 Å². The van der Waals surface area contributed by atoms with E-state index in [1.807, 2.05) is 0 Å². The first kappa shape index (κ1) is 14.2. The second kappa shape index (κ2) is 7.45. The minimum absolute atomic E-state index is 0.00694. The van der Waals surface area contributed by atoms with Gasteiger partial charge in [0.1, 0.15) is 0 Å². The van der Waals surface area contributed by atoms with Crippen LogP contribution in [0.25, 0.3) is 0 Å². The van der Waals surface area contributed by atoms with E-state index in [4.69, 9.17) is 10.8 Å². The topological polar surface area (TPSA) is 92.4 Å². The first-order valence-electron chi connectivity index (χ1n) is 5.93. The van der Waals surface area contributed by atoms with Crippen LogP contribution in [-0.2, 0) is 4.79 Å². The predicted molar refractivity (Wildman–Crippen MR) is 68.2 cm³/mol. The normalized spacial score (nSPS) is 18.9. The molecule has 1 aliphatic rings. The van der Waals surface area contributed by atoms with E-state index >= 15 is 0 Å². The van der Waals surface area contributed by atoms with Crippen molar-refractivity contribution in [3.63, 3.8) is 0 Å². The molecule has 1 amide bonds. The maximum atomic E-state index is 10.8. The van der Waals surface area contributed by atoms with Crippen molar-refractivity contribution in [3.05, 3.63) is 35.9 Å². The Morgan fingerprint density at radius 1 is 1.28 bits per heavy atom. The fraction of sp³-hybridized carbons (Fsp3) is 0.385. The van der Waals surface area contributed by atoms with Crippen molar-refractivity contribution >= 4 is 11.9 Å². The van der Waals surface area contributed by atoms with E-state index in [0.717, 1.165) is 25.8 Å². The second-order valence-corrected chi connectivity index (χ2v) is 4.06. The molecule has 0 radical (unpaired) electrons. The monoisotopic (exact) mass is 250 g/mol. The second-order valence-electron chi connectivity index (χ2n) is 4.06. The molecule has 98 valence electrons. The number of carboxylic acid groups (broad SMARTS) is 1. The third-order valence-electron chi connectivity index (χ3n) is 2.60. The summed E-state index contributed by atoms with van der Waals surface area (Å²) >= 11 is 0. The van der Waals surface area contributed by atoms with Crippen LogP contribution in [0.3, 0.4) is 0 Å². The highest BCUT2D eigenvalue weighted by Crippen LogP contribution is 2.01. The Morgan fingerprint density at radius 2 is 1.94 bits per heavy atom. The quantitative estimate of drug-likeness (QED) is 0.693. The Balaban J connectivity index is 0.000000180. The van der Waals surface area contributed by atoms with Crippen LogP contribution in [0.5, 0.6) is 0 Å². The molecule has 1 saturated heterocycles. The molecule has 0 bridgehead atoms. The Bertz CT molecular complexity index is 392. The van der Waals surface area contributed by atoms with Gasteiger partial charge in [-0.25, -0.2) is 4.79 Å². The highest BCUT2D eigenvalue weighted by Gasteiger charge is 2.14. The standard InChI is InChI=1S/C7H6O2.C6H12N2O/c8-7(9)6-4-2-1-3-5-6;7-5-3-1-2-4-8-6(5)9/h1-5H,(H,8,9);5H,1-4,7H2,(H,8,9). The molecule has 1 fully saturated rings. The van der Waals surface area contributed by atoms with Gasteiger partial charge in [0.2, 0.25) is 5.91 Å². The first-order valence-corrected chi connectivity index (χ1v) is 5.93. The van der Waals surface area contributed by atoms with Crippen LogP contribution in [0.15, 0.2) is 30.3 Å². The van der Waals surface area contributed by atoms with Gasteiger partial charge >= 0.3 is 5.97 Å². The fourth-order valence-corrected chi connectivity index (χ4v) is 1.54. The summed E-state index contributed by atoms with van der Waals surface area (Å²) in [5, 5.41) is 11.1. The molecule has 1 aromatic carbocycles. The third kappa shape index (κ3) is 4.97. The maximum Gasteiger partial charge on any atom is 0.335 e. The minimum Gasteiger partial charge on any atom is -0.478 e. The maximum absolute atomic E-state index is 10.8. The van der Waals surface area contributed by atoms with E-state index in [1.165, 1.54) is 0 Å². The average Bonchev–Trinajstić information content (AvgIpc) is 2.57. The molecule has 0 saturated carbocycles. The first-order chi connectivity index (χ1) is 8.61. The van der Waals surface area contributed by atoms with E-state index in [0.29, 0.717) is 5.56 Å². The van der Waals surface area contributed by atoms with Crippen LogP contribution in [0.2, 0.25) is 0 Å². The van der Waals surface area contributed by atoms with Crippen molar-refractivity contribution in [3.8, 4) is 0 Å². The molecule has 2 rings (SSSR count). The number of rotatable bonds is 1. The van der Waals surface area contributed by atoms with Crippen molar-refractivity contribution < 1.29 is 14.7 Å². The zero-order chi connectivity index (χ0) is 13.4. The van der Waals surface area contributed by atoms with Gasteiger partial charge in [-0.3, -0.25) is 4.79 Å². The molecule has 0 aromatic heterocycles. The molecular weight excluding hydrogens is 232 g/mol. The number of aromatic carboxylic acids is 1. The lowest BCUT2D eigenvalue weighted by Crippen LogP contribution is -2.38. The van der Waals surface area contributed by atoms with Gasteiger partial charge < -0.3 is 16.2 Å². The van der Waals surface area contributed by atoms with Crippen molar-refractivity contribution in [2.24, 2.45) is 5.73 Å². The van der Waals surface area contributed by atoms with E-state index in [-0.39, 0.29) is 11.9 Å². The number of hydrogen-bond donors (Lipinski definition) is 3. The summed E-state index contributed by atoms with van der Waals surface area (Å²) in [6.07, 6.45) is 2.98. The third-order valence-corrected chi connectivity index (χ3v) is 2.60.